The summed E-state index contributed by atoms with van der Waals surface area (Å²) in [6.45, 7) is 0. The zero-order chi connectivity index (χ0) is 24.1. The summed E-state index contributed by atoms with van der Waals surface area (Å²) in [5.41, 5.74) is 1.61. The lowest BCUT2D eigenvalue weighted by atomic mass is 10.1. The second-order valence-corrected chi connectivity index (χ2v) is 8.24. The molecule has 2 aromatic carbocycles. The van der Waals surface area contributed by atoms with E-state index in [1.54, 1.807) is 48.5 Å². The Bertz CT molecular complexity index is 1360. The van der Waals surface area contributed by atoms with Gasteiger partial charge in [-0.2, -0.15) is 0 Å². The number of nitrogens with zero attached hydrogens (tertiary/aromatic N) is 1. The fourth-order valence-electron chi connectivity index (χ4n) is 2.95. The van der Waals surface area contributed by atoms with Gasteiger partial charge in [-0.05, 0) is 60.1 Å². The Kier molecular flexibility index (Phi) is 6.76. The molecule has 0 saturated carbocycles. The summed E-state index contributed by atoms with van der Waals surface area (Å²) in [6, 6.07) is 19.3. The van der Waals surface area contributed by atoms with Crippen LogP contribution in [0.2, 0.25) is 0 Å². The van der Waals surface area contributed by atoms with Crippen LogP contribution in [0.4, 0.5) is 17.1 Å². The number of hydrogen-bond donors (Lipinski definition) is 3. The summed E-state index contributed by atoms with van der Waals surface area (Å²) in [7, 11) is 0. The second-order valence-electron chi connectivity index (χ2n) is 6.89. The van der Waals surface area contributed by atoms with E-state index in [0.717, 1.165) is 0 Å². The maximum Gasteiger partial charge on any atom is 0.293 e. The van der Waals surface area contributed by atoms with E-state index in [1.165, 1.54) is 35.6 Å². The van der Waals surface area contributed by atoms with Gasteiger partial charge in [0.15, 0.2) is 10.9 Å². The number of nitrogens with one attached hydrogen (secondary N) is 3. The molecule has 11 heteroatoms. The first kappa shape index (κ1) is 22.8. The summed E-state index contributed by atoms with van der Waals surface area (Å²) >= 11 is 6.54. The van der Waals surface area contributed by atoms with Crippen LogP contribution in [0.1, 0.15) is 20.2 Å². The van der Waals surface area contributed by atoms with Crippen molar-refractivity contribution in [3.05, 3.63) is 98.9 Å². The predicted molar refractivity (Wildman–Crippen MR) is 133 cm³/mol. The normalized spacial score (nSPS) is 10.4. The molecular formula is C23H16N4O5S2. The Morgan fingerprint density at radius 1 is 0.912 bits per heavy atom. The van der Waals surface area contributed by atoms with Crippen LogP contribution < -0.4 is 16.0 Å². The van der Waals surface area contributed by atoms with Crippen LogP contribution in [-0.4, -0.2) is 21.9 Å². The van der Waals surface area contributed by atoms with Crippen molar-refractivity contribution in [2.45, 2.75) is 0 Å². The maximum atomic E-state index is 12.5. The van der Waals surface area contributed by atoms with Crippen molar-refractivity contribution in [2.75, 3.05) is 10.6 Å². The van der Waals surface area contributed by atoms with Gasteiger partial charge in [0.2, 0.25) is 0 Å². The summed E-state index contributed by atoms with van der Waals surface area (Å²) < 4.78 is 5.54. The third kappa shape index (κ3) is 5.52. The Balaban J connectivity index is 1.33. The number of benzene rings is 2. The average molecular weight is 493 g/mol. The molecule has 170 valence electrons. The van der Waals surface area contributed by atoms with Crippen molar-refractivity contribution in [2.24, 2.45) is 0 Å². The van der Waals surface area contributed by atoms with Crippen molar-refractivity contribution in [1.82, 2.24) is 5.32 Å². The average Bonchev–Trinajstić information content (AvgIpc) is 3.53. The lowest BCUT2D eigenvalue weighted by Crippen LogP contribution is -2.33. The van der Waals surface area contributed by atoms with Crippen LogP contribution >= 0.6 is 23.6 Å². The van der Waals surface area contributed by atoms with E-state index < -0.39 is 10.8 Å². The third-order valence-electron chi connectivity index (χ3n) is 4.54. The zero-order valence-corrected chi connectivity index (χ0v) is 18.9. The van der Waals surface area contributed by atoms with Gasteiger partial charge in [-0.25, -0.2) is 0 Å². The molecule has 0 unspecified atom stereocenters. The van der Waals surface area contributed by atoms with Gasteiger partial charge in [-0.3, -0.25) is 25.0 Å². The van der Waals surface area contributed by atoms with Gasteiger partial charge in [-0.15, -0.1) is 11.3 Å². The molecule has 2 heterocycles. The highest BCUT2D eigenvalue weighted by atomic mass is 32.1. The Hall–Kier alpha value is -4.35. The number of anilines is 2. The first-order chi connectivity index (χ1) is 16.4. The number of amides is 2. The lowest BCUT2D eigenvalue weighted by Gasteiger charge is -2.10. The van der Waals surface area contributed by atoms with E-state index in [2.05, 4.69) is 16.0 Å². The molecule has 0 fully saturated rings. The second kappa shape index (κ2) is 10.1. The highest BCUT2D eigenvalue weighted by Gasteiger charge is 2.15. The molecular weight excluding hydrogens is 476 g/mol. The zero-order valence-electron chi connectivity index (χ0n) is 17.3. The number of hydrogen-bond acceptors (Lipinski definition) is 7. The van der Waals surface area contributed by atoms with Crippen LogP contribution in [-0.2, 0) is 0 Å². The molecule has 0 spiro atoms. The van der Waals surface area contributed by atoms with Gasteiger partial charge < -0.3 is 15.1 Å². The van der Waals surface area contributed by atoms with Crippen LogP contribution in [0.25, 0.3) is 11.3 Å². The monoisotopic (exact) mass is 492 g/mol. The quantitative estimate of drug-likeness (QED) is 0.189. The third-order valence-corrected chi connectivity index (χ3v) is 5.62. The molecule has 9 nitrogen and oxygen atoms in total. The van der Waals surface area contributed by atoms with Gasteiger partial charge >= 0.3 is 0 Å². The Labute approximate surface area is 202 Å². The summed E-state index contributed by atoms with van der Waals surface area (Å²) in [5, 5.41) is 21.0. The van der Waals surface area contributed by atoms with Gasteiger partial charge in [0.05, 0.1) is 9.80 Å². The number of rotatable bonds is 6. The SMILES string of the molecule is O=C(NC(=S)Nc1ccc(NC(=O)c2cccs2)cc1)c1ccc(-c2cccc([N+](=O)[O-])c2)o1. The van der Waals surface area contributed by atoms with E-state index >= 15 is 0 Å². The number of nitro benzene ring substituents is 1. The van der Waals surface area contributed by atoms with Crippen molar-refractivity contribution in [3.63, 3.8) is 0 Å². The topological polar surface area (TPSA) is 127 Å². The molecule has 0 aliphatic carbocycles. The minimum atomic E-state index is -0.575. The molecule has 0 bridgehead atoms. The van der Waals surface area contributed by atoms with Gasteiger partial charge in [0.1, 0.15) is 5.76 Å². The number of furan rings is 1. The lowest BCUT2D eigenvalue weighted by molar-refractivity contribution is -0.384. The van der Waals surface area contributed by atoms with E-state index in [0.29, 0.717) is 27.6 Å². The molecule has 0 aliphatic rings. The van der Waals surface area contributed by atoms with E-state index in [4.69, 9.17) is 16.6 Å². The maximum absolute atomic E-state index is 12.5. The molecule has 4 aromatic rings. The van der Waals surface area contributed by atoms with Crippen LogP contribution in [0, 0.1) is 10.1 Å². The van der Waals surface area contributed by atoms with Gasteiger partial charge in [-0.1, -0.05) is 18.2 Å². The first-order valence-corrected chi connectivity index (χ1v) is 11.1. The van der Waals surface area contributed by atoms with Crippen molar-refractivity contribution < 1.29 is 18.9 Å². The number of carbonyl (C=O) groups is 2. The molecule has 2 amide bonds. The summed E-state index contributed by atoms with van der Waals surface area (Å²) in [5.74, 6) is -0.458. The molecule has 3 N–H and O–H groups in total. The molecule has 34 heavy (non-hydrogen) atoms. The first-order valence-electron chi connectivity index (χ1n) is 9.81. The number of nitro groups is 1. The minimum Gasteiger partial charge on any atom is -0.451 e. The minimum absolute atomic E-state index is 0.00251. The molecule has 0 atom stereocenters. The number of carbonyl (C=O) groups excluding carboxylic acids is 2. The van der Waals surface area contributed by atoms with E-state index in [9.17, 15) is 19.7 Å². The fraction of sp³-hybridized carbons (Fsp3) is 0. The number of thiocarbonyl (C=S) groups is 1. The summed E-state index contributed by atoms with van der Waals surface area (Å²) in [6.07, 6.45) is 0. The molecule has 0 saturated heterocycles. The van der Waals surface area contributed by atoms with E-state index in [1.807, 2.05) is 5.38 Å². The van der Waals surface area contributed by atoms with Crippen LogP contribution in [0.3, 0.4) is 0 Å². The van der Waals surface area contributed by atoms with Crippen molar-refractivity contribution in [1.29, 1.82) is 0 Å². The molecule has 4 rings (SSSR count). The predicted octanol–water partition coefficient (Wildman–Crippen LogP) is 5.30. The van der Waals surface area contributed by atoms with Gasteiger partial charge in [0.25, 0.3) is 17.5 Å². The number of thiophene rings is 1. The van der Waals surface area contributed by atoms with Gasteiger partial charge in [0, 0.05) is 29.1 Å². The Morgan fingerprint density at radius 2 is 1.65 bits per heavy atom. The van der Waals surface area contributed by atoms with E-state index in [-0.39, 0.29) is 22.5 Å². The fourth-order valence-corrected chi connectivity index (χ4v) is 3.78. The Morgan fingerprint density at radius 3 is 2.32 bits per heavy atom. The number of non-ortho nitro benzene ring substituents is 1. The highest BCUT2D eigenvalue weighted by molar-refractivity contribution is 7.80. The van der Waals surface area contributed by atoms with Crippen LogP contribution in [0.5, 0.6) is 0 Å². The molecule has 2 aromatic heterocycles. The smallest absolute Gasteiger partial charge is 0.293 e. The van der Waals surface area contributed by atoms with Crippen molar-refractivity contribution in [3.8, 4) is 11.3 Å². The molecule has 0 aliphatic heterocycles. The standard InChI is InChI=1S/C23H16N4O5S2/c28-21(19-11-10-18(32-19)14-3-1-4-17(13-14)27(30)31)26-23(33)25-16-8-6-15(7-9-16)24-22(29)20-5-2-12-34-20/h1-13H,(H,24,29)(H2,25,26,28,33). The summed E-state index contributed by atoms with van der Waals surface area (Å²) in [4.78, 5) is 35.6. The molecule has 0 radical (unpaired) electrons. The van der Waals surface area contributed by atoms with Crippen molar-refractivity contribution >= 4 is 57.5 Å². The largest absolute Gasteiger partial charge is 0.451 e. The van der Waals surface area contributed by atoms with Crippen LogP contribution in [0.15, 0.2) is 82.6 Å². The highest BCUT2D eigenvalue weighted by Crippen LogP contribution is 2.25.